The molecule has 7 heteroatoms. The van der Waals surface area contributed by atoms with Gasteiger partial charge in [-0.3, -0.25) is 10.1 Å². The Hall–Kier alpha value is -3.09. The Bertz CT molecular complexity index is 783. The van der Waals surface area contributed by atoms with Gasteiger partial charge in [-0.05, 0) is 34.5 Å². The van der Waals surface area contributed by atoms with E-state index in [4.69, 9.17) is 5.21 Å². The Morgan fingerprint density at radius 1 is 1.00 bits per heavy atom. The number of nitro groups is 1. The summed E-state index contributed by atoms with van der Waals surface area (Å²) in [5.41, 5.74) is 2.76. The summed E-state index contributed by atoms with van der Waals surface area (Å²) in [6.45, 7) is 0. The molecule has 0 spiro atoms. The third-order valence-corrected chi connectivity index (χ3v) is 3.22. The molecule has 0 aromatic heterocycles. The molecule has 2 aromatic rings. The first-order chi connectivity index (χ1) is 9.65. The number of hydrogen-bond donors (Lipinski definition) is 1. The monoisotopic (exact) mass is 269 g/mol. The molecule has 0 amide bonds. The molecule has 0 fully saturated rings. The Balaban J connectivity index is 2.28. The lowest BCUT2D eigenvalue weighted by atomic mass is 10.1. The molecule has 0 atom stereocenters. The molecule has 98 valence electrons. The number of rotatable bonds is 2. The standard InChI is InChI=1S/C13H7N3O4/c17-14-7-1-3-9-10-4-2-8(16(19)20)6-12(10)13(15-18)11(9)5-7/h1-6,18H/b15-13+. The first-order valence-corrected chi connectivity index (χ1v) is 5.64. The fraction of sp³-hybridized carbons (Fsp3) is 0. The van der Waals surface area contributed by atoms with Crippen LogP contribution in [0.15, 0.2) is 46.7 Å². The van der Waals surface area contributed by atoms with Crippen molar-refractivity contribution in [3.05, 3.63) is 62.5 Å². The van der Waals surface area contributed by atoms with E-state index in [0.717, 1.165) is 11.1 Å². The molecule has 0 bridgehead atoms. The molecule has 0 aliphatic heterocycles. The van der Waals surface area contributed by atoms with Gasteiger partial charge in [0.05, 0.1) is 4.92 Å². The maximum atomic E-state index is 10.8. The SMILES string of the molecule is O=Nc1ccc2c(c1)/C(=N\O)c1cc([N+](=O)[O-])ccc1-2. The van der Waals surface area contributed by atoms with E-state index in [1.807, 2.05) is 0 Å². The minimum Gasteiger partial charge on any atom is -0.410 e. The normalized spacial score (nSPS) is 13.9. The van der Waals surface area contributed by atoms with Gasteiger partial charge in [0.25, 0.3) is 5.69 Å². The van der Waals surface area contributed by atoms with Crippen LogP contribution in [0.2, 0.25) is 0 Å². The fourth-order valence-electron chi connectivity index (χ4n) is 2.35. The highest BCUT2D eigenvalue weighted by atomic mass is 16.6. The Morgan fingerprint density at radius 2 is 1.65 bits per heavy atom. The van der Waals surface area contributed by atoms with Crippen molar-refractivity contribution in [2.45, 2.75) is 0 Å². The quantitative estimate of drug-likeness (QED) is 0.333. The van der Waals surface area contributed by atoms with Crippen LogP contribution >= 0.6 is 0 Å². The summed E-state index contributed by atoms with van der Waals surface area (Å²) in [6, 6.07) is 9.03. The number of nitrogens with zero attached hydrogens (tertiary/aromatic N) is 3. The predicted molar refractivity (Wildman–Crippen MR) is 71.4 cm³/mol. The van der Waals surface area contributed by atoms with Crippen LogP contribution in [0.25, 0.3) is 11.1 Å². The van der Waals surface area contributed by atoms with Crippen molar-refractivity contribution in [2.75, 3.05) is 0 Å². The Kier molecular flexibility index (Phi) is 2.53. The second-order valence-corrected chi connectivity index (χ2v) is 4.26. The molecule has 3 rings (SSSR count). The lowest BCUT2D eigenvalue weighted by Gasteiger charge is -1.99. The average Bonchev–Trinajstić information content (AvgIpc) is 2.78. The molecule has 2 aromatic carbocycles. The van der Waals surface area contributed by atoms with Gasteiger partial charge in [0.2, 0.25) is 0 Å². The summed E-state index contributed by atoms with van der Waals surface area (Å²) >= 11 is 0. The van der Waals surface area contributed by atoms with Gasteiger partial charge in [0, 0.05) is 23.3 Å². The van der Waals surface area contributed by atoms with E-state index in [0.29, 0.717) is 11.1 Å². The largest absolute Gasteiger partial charge is 0.410 e. The van der Waals surface area contributed by atoms with Gasteiger partial charge in [-0.1, -0.05) is 11.2 Å². The second-order valence-electron chi connectivity index (χ2n) is 4.26. The number of benzene rings is 2. The summed E-state index contributed by atoms with van der Waals surface area (Å²) in [4.78, 5) is 20.9. The van der Waals surface area contributed by atoms with Crippen LogP contribution in [0.5, 0.6) is 0 Å². The molecule has 0 unspecified atom stereocenters. The van der Waals surface area contributed by atoms with Gasteiger partial charge in [0.1, 0.15) is 11.4 Å². The highest BCUT2D eigenvalue weighted by molar-refractivity contribution is 6.24. The molecule has 0 saturated carbocycles. The number of fused-ring (bicyclic) bond motifs is 3. The topological polar surface area (TPSA) is 105 Å². The first kappa shape index (κ1) is 12.0. The number of hydrogen-bond acceptors (Lipinski definition) is 6. The van der Waals surface area contributed by atoms with Crippen LogP contribution < -0.4 is 0 Å². The van der Waals surface area contributed by atoms with E-state index in [1.54, 1.807) is 12.1 Å². The number of oxime groups is 1. The highest BCUT2D eigenvalue weighted by Crippen LogP contribution is 2.40. The second kappa shape index (κ2) is 4.23. The van der Waals surface area contributed by atoms with Gasteiger partial charge in [-0.25, -0.2) is 0 Å². The number of non-ortho nitro benzene ring substituents is 1. The summed E-state index contributed by atoms with van der Waals surface area (Å²) < 4.78 is 0. The van der Waals surface area contributed by atoms with Crippen molar-refractivity contribution >= 4 is 17.1 Å². The van der Waals surface area contributed by atoms with Crippen LogP contribution in [-0.4, -0.2) is 15.8 Å². The zero-order valence-electron chi connectivity index (χ0n) is 9.98. The van der Waals surface area contributed by atoms with Crippen LogP contribution in [-0.2, 0) is 0 Å². The van der Waals surface area contributed by atoms with Gasteiger partial charge in [-0.15, -0.1) is 4.91 Å². The summed E-state index contributed by atoms with van der Waals surface area (Å²) in [6.07, 6.45) is 0. The molecular weight excluding hydrogens is 262 g/mol. The molecule has 1 aliphatic carbocycles. The number of nitroso groups, excluding NO2 is 1. The molecule has 0 saturated heterocycles. The van der Waals surface area contributed by atoms with Crippen molar-refractivity contribution in [1.29, 1.82) is 0 Å². The van der Waals surface area contributed by atoms with E-state index in [2.05, 4.69) is 10.3 Å². The Morgan fingerprint density at radius 3 is 2.25 bits per heavy atom. The highest BCUT2D eigenvalue weighted by Gasteiger charge is 2.27. The van der Waals surface area contributed by atoms with Gasteiger partial charge in [0.15, 0.2) is 0 Å². The Labute approximate surface area is 112 Å². The molecule has 1 aliphatic rings. The average molecular weight is 269 g/mol. The van der Waals surface area contributed by atoms with Crippen molar-refractivity contribution in [1.82, 2.24) is 0 Å². The molecule has 20 heavy (non-hydrogen) atoms. The maximum absolute atomic E-state index is 10.8. The first-order valence-electron chi connectivity index (χ1n) is 5.64. The smallest absolute Gasteiger partial charge is 0.270 e. The van der Waals surface area contributed by atoms with E-state index >= 15 is 0 Å². The predicted octanol–water partition coefficient (Wildman–Crippen LogP) is 3.20. The fourth-order valence-corrected chi connectivity index (χ4v) is 2.35. The van der Waals surface area contributed by atoms with Gasteiger partial charge < -0.3 is 5.21 Å². The maximum Gasteiger partial charge on any atom is 0.270 e. The van der Waals surface area contributed by atoms with E-state index in [9.17, 15) is 15.0 Å². The summed E-state index contributed by atoms with van der Waals surface area (Å²) in [5, 5.41) is 26.0. The van der Waals surface area contributed by atoms with Crippen molar-refractivity contribution in [3.8, 4) is 11.1 Å². The third kappa shape index (κ3) is 1.57. The molecule has 0 heterocycles. The molecule has 7 nitrogen and oxygen atoms in total. The van der Waals surface area contributed by atoms with Crippen molar-refractivity contribution in [2.24, 2.45) is 10.3 Å². The summed E-state index contributed by atoms with van der Waals surface area (Å²) in [5.74, 6) is 0. The zero-order chi connectivity index (χ0) is 14.3. The van der Waals surface area contributed by atoms with E-state index < -0.39 is 4.92 Å². The van der Waals surface area contributed by atoms with Crippen molar-refractivity contribution in [3.63, 3.8) is 0 Å². The minimum absolute atomic E-state index is 0.0913. The van der Waals surface area contributed by atoms with Crippen LogP contribution in [0, 0.1) is 15.0 Å². The summed E-state index contributed by atoms with van der Waals surface area (Å²) in [7, 11) is 0. The van der Waals surface area contributed by atoms with Crippen LogP contribution in [0.4, 0.5) is 11.4 Å². The third-order valence-electron chi connectivity index (χ3n) is 3.22. The lowest BCUT2D eigenvalue weighted by molar-refractivity contribution is -0.384. The van der Waals surface area contributed by atoms with Crippen LogP contribution in [0.3, 0.4) is 0 Å². The molecule has 0 radical (unpaired) electrons. The lowest BCUT2D eigenvalue weighted by Crippen LogP contribution is -1.99. The van der Waals surface area contributed by atoms with Crippen LogP contribution in [0.1, 0.15) is 11.1 Å². The van der Waals surface area contributed by atoms with Crippen molar-refractivity contribution < 1.29 is 10.1 Å². The van der Waals surface area contributed by atoms with E-state index in [1.165, 1.54) is 24.3 Å². The minimum atomic E-state index is -0.517. The number of nitro benzene ring substituents is 1. The molecular formula is C13H7N3O4. The van der Waals surface area contributed by atoms with E-state index in [-0.39, 0.29) is 17.1 Å². The zero-order valence-corrected chi connectivity index (χ0v) is 9.98. The van der Waals surface area contributed by atoms with Gasteiger partial charge >= 0.3 is 0 Å². The molecule has 1 N–H and O–H groups in total. The van der Waals surface area contributed by atoms with Gasteiger partial charge in [-0.2, -0.15) is 0 Å².